The van der Waals surface area contributed by atoms with E-state index in [9.17, 15) is 0 Å². The highest BCUT2D eigenvalue weighted by Gasteiger charge is 2.42. The van der Waals surface area contributed by atoms with Crippen molar-refractivity contribution in [2.45, 2.75) is 56.8 Å². The molecule has 2 rings (SSSR count). The van der Waals surface area contributed by atoms with E-state index in [4.69, 9.17) is 16.3 Å². The molecule has 2 fully saturated rings. The van der Waals surface area contributed by atoms with Crippen molar-refractivity contribution >= 4 is 11.6 Å². The van der Waals surface area contributed by atoms with Crippen LogP contribution in [-0.2, 0) is 4.74 Å². The second-order valence-corrected chi connectivity index (χ2v) is 5.60. The minimum atomic E-state index is 0.0873. The minimum Gasteiger partial charge on any atom is -0.371 e. The molecule has 0 bridgehead atoms. The third-order valence-electron chi connectivity index (χ3n) is 3.37. The fourth-order valence-electron chi connectivity index (χ4n) is 2.06. The van der Waals surface area contributed by atoms with Crippen molar-refractivity contribution in [1.29, 1.82) is 0 Å². The third-order valence-corrected chi connectivity index (χ3v) is 3.88. The average molecular weight is 218 g/mol. The Bertz CT molecular complexity index is 213. The minimum absolute atomic E-state index is 0.0873. The molecule has 0 radical (unpaired) electrons. The normalized spacial score (nSPS) is 33.2. The number of hydrogen-bond acceptors (Lipinski definition) is 2. The Hall–Kier alpha value is 0.210. The van der Waals surface area contributed by atoms with Crippen molar-refractivity contribution in [3.63, 3.8) is 0 Å². The Kier molecular flexibility index (Phi) is 2.80. The predicted molar refractivity (Wildman–Crippen MR) is 58.9 cm³/mol. The van der Waals surface area contributed by atoms with Crippen molar-refractivity contribution in [3.05, 3.63) is 0 Å². The molecule has 0 aromatic rings. The molecule has 0 aromatic carbocycles. The monoisotopic (exact) mass is 217 g/mol. The van der Waals surface area contributed by atoms with Gasteiger partial charge in [0, 0.05) is 18.0 Å². The summed E-state index contributed by atoms with van der Waals surface area (Å²) in [6.45, 7) is 5.30. The van der Waals surface area contributed by atoms with Gasteiger partial charge in [-0.05, 0) is 39.5 Å². The van der Waals surface area contributed by atoms with Crippen LogP contribution in [0, 0.1) is 0 Å². The summed E-state index contributed by atoms with van der Waals surface area (Å²) >= 11 is 5.89. The summed E-state index contributed by atoms with van der Waals surface area (Å²) in [6, 6.07) is 0. The van der Waals surface area contributed by atoms with Crippen LogP contribution < -0.4 is 5.32 Å². The summed E-state index contributed by atoms with van der Waals surface area (Å²) in [5, 5.41) is 3.54. The number of hydrogen-bond donors (Lipinski definition) is 1. The Labute approximate surface area is 91.3 Å². The molecule has 1 saturated carbocycles. The van der Waals surface area contributed by atoms with Crippen LogP contribution in [0.3, 0.4) is 0 Å². The zero-order valence-electron chi connectivity index (χ0n) is 9.11. The quantitative estimate of drug-likeness (QED) is 0.730. The van der Waals surface area contributed by atoms with E-state index in [1.54, 1.807) is 0 Å². The van der Waals surface area contributed by atoms with E-state index >= 15 is 0 Å². The molecule has 0 aromatic heterocycles. The van der Waals surface area contributed by atoms with E-state index in [0.29, 0.717) is 6.10 Å². The molecule has 0 spiro atoms. The number of rotatable bonds is 4. The van der Waals surface area contributed by atoms with E-state index < -0.39 is 0 Å². The fourth-order valence-corrected chi connectivity index (χ4v) is 2.42. The van der Waals surface area contributed by atoms with Crippen molar-refractivity contribution < 1.29 is 4.74 Å². The van der Waals surface area contributed by atoms with E-state index in [0.717, 1.165) is 12.4 Å². The van der Waals surface area contributed by atoms with E-state index in [1.807, 2.05) is 0 Å². The summed E-state index contributed by atoms with van der Waals surface area (Å²) in [5.74, 6) is 0.739. The maximum atomic E-state index is 5.91. The van der Waals surface area contributed by atoms with Gasteiger partial charge in [0.25, 0.3) is 0 Å². The number of nitrogens with one attached hydrogen (secondary N) is 1. The van der Waals surface area contributed by atoms with Crippen molar-refractivity contribution in [3.8, 4) is 0 Å². The first-order valence-corrected chi connectivity index (χ1v) is 6.08. The second-order valence-electron chi connectivity index (χ2n) is 5.33. The summed E-state index contributed by atoms with van der Waals surface area (Å²) in [5.41, 5.74) is 0.349. The van der Waals surface area contributed by atoms with Crippen LogP contribution in [0.15, 0.2) is 0 Å². The van der Waals surface area contributed by atoms with Crippen LogP contribution >= 0.6 is 11.6 Å². The second kappa shape index (κ2) is 3.66. The van der Waals surface area contributed by atoms with Crippen molar-refractivity contribution in [1.82, 2.24) is 5.32 Å². The van der Waals surface area contributed by atoms with Crippen LogP contribution in [0.25, 0.3) is 0 Å². The Morgan fingerprint density at radius 2 is 2.07 bits per heavy atom. The van der Waals surface area contributed by atoms with E-state index in [1.165, 1.54) is 25.7 Å². The lowest BCUT2D eigenvalue weighted by Gasteiger charge is -2.21. The fraction of sp³-hybridized carbons (Fsp3) is 1.00. The first-order chi connectivity index (χ1) is 6.55. The molecule has 3 heteroatoms. The lowest BCUT2D eigenvalue weighted by atomic mass is 10.1. The smallest absolute Gasteiger partial charge is 0.0708 e. The molecule has 82 valence electrons. The molecule has 0 amide bonds. The Balaban J connectivity index is 1.72. The maximum absolute atomic E-state index is 5.91. The third kappa shape index (κ3) is 2.41. The van der Waals surface area contributed by atoms with Gasteiger partial charge in [0.05, 0.1) is 11.7 Å². The molecule has 1 unspecified atom stereocenters. The average Bonchev–Trinajstić information content (AvgIpc) is 2.84. The zero-order valence-corrected chi connectivity index (χ0v) is 9.86. The highest BCUT2D eigenvalue weighted by atomic mass is 35.5. The van der Waals surface area contributed by atoms with Gasteiger partial charge in [-0.25, -0.2) is 0 Å². The molecular formula is C11H20ClNO. The van der Waals surface area contributed by atoms with E-state index in [2.05, 4.69) is 19.2 Å². The maximum Gasteiger partial charge on any atom is 0.0708 e. The number of halogens is 1. The van der Waals surface area contributed by atoms with Gasteiger partial charge in [-0.1, -0.05) is 0 Å². The molecule has 1 aliphatic heterocycles. The van der Waals surface area contributed by atoms with Crippen LogP contribution in [0.2, 0.25) is 0 Å². The molecule has 1 heterocycles. The van der Waals surface area contributed by atoms with Gasteiger partial charge in [-0.3, -0.25) is 0 Å². The summed E-state index contributed by atoms with van der Waals surface area (Å²) < 4.78 is 5.91. The van der Waals surface area contributed by atoms with Gasteiger partial charge in [0.1, 0.15) is 0 Å². The summed E-state index contributed by atoms with van der Waals surface area (Å²) in [7, 11) is 0. The number of ether oxygens (including phenoxy) is 1. The lowest BCUT2D eigenvalue weighted by Crippen LogP contribution is -2.39. The molecule has 1 atom stereocenters. The first-order valence-electron chi connectivity index (χ1n) is 5.54. The highest BCUT2D eigenvalue weighted by Crippen LogP contribution is 2.37. The van der Waals surface area contributed by atoms with Gasteiger partial charge in [-0.2, -0.15) is 0 Å². The van der Waals surface area contributed by atoms with Gasteiger partial charge >= 0.3 is 0 Å². The van der Waals surface area contributed by atoms with Gasteiger partial charge in [-0.15, -0.1) is 11.6 Å². The standard InChI is InChI=1S/C11H20ClNO/c1-10(2)4-3-9(14-10)7-13-11(8-12)5-6-11/h9,13H,3-8H2,1-2H3. The van der Waals surface area contributed by atoms with Crippen molar-refractivity contribution in [2.75, 3.05) is 12.4 Å². The summed E-state index contributed by atoms with van der Waals surface area (Å²) in [4.78, 5) is 0. The van der Waals surface area contributed by atoms with Crippen LogP contribution in [0.1, 0.15) is 39.5 Å². The summed E-state index contributed by atoms with van der Waals surface area (Å²) in [6.07, 6.45) is 5.20. The van der Waals surface area contributed by atoms with Gasteiger partial charge < -0.3 is 10.1 Å². The van der Waals surface area contributed by atoms with Crippen molar-refractivity contribution in [2.24, 2.45) is 0 Å². The van der Waals surface area contributed by atoms with Crippen LogP contribution in [-0.4, -0.2) is 29.7 Å². The first kappa shape index (κ1) is 10.7. The molecule has 1 N–H and O–H groups in total. The Morgan fingerprint density at radius 1 is 1.36 bits per heavy atom. The van der Waals surface area contributed by atoms with Gasteiger partial charge in [0.2, 0.25) is 0 Å². The molecule has 14 heavy (non-hydrogen) atoms. The SMILES string of the molecule is CC1(C)CCC(CNC2(CCl)CC2)O1. The zero-order chi connectivity index (χ0) is 10.2. The Morgan fingerprint density at radius 3 is 2.50 bits per heavy atom. The molecule has 1 aliphatic carbocycles. The highest BCUT2D eigenvalue weighted by molar-refractivity contribution is 6.18. The predicted octanol–water partition coefficient (Wildman–Crippen LogP) is 2.31. The molecular weight excluding hydrogens is 198 g/mol. The molecule has 2 nitrogen and oxygen atoms in total. The molecule has 1 saturated heterocycles. The van der Waals surface area contributed by atoms with Gasteiger partial charge in [0.15, 0.2) is 0 Å². The van der Waals surface area contributed by atoms with Crippen LogP contribution in [0.5, 0.6) is 0 Å². The van der Waals surface area contributed by atoms with Crippen LogP contribution in [0.4, 0.5) is 0 Å². The van der Waals surface area contributed by atoms with E-state index in [-0.39, 0.29) is 11.1 Å². The lowest BCUT2D eigenvalue weighted by molar-refractivity contribution is -0.0152. The largest absolute Gasteiger partial charge is 0.371 e. The number of alkyl halides is 1. The molecule has 2 aliphatic rings. The topological polar surface area (TPSA) is 21.3 Å².